The van der Waals surface area contributed by atoms with Crippen LogP contribution in [0.25, 0.3) is 0 Å². The van der Waals surface area contributed by atoms with E-state index in [2.05, 4.69) is 0 Å². The molecule has 2 aliphatic rings. The lowest BCUT2D eigenvalue weighted by molar-refractivity contribution is -0.162. The number of hydrogen-bond acceptors (Lipinski definition) is 4. The van der Waals surface area contributed by atoms with Crippen molar-refractivity contribution in [3.05, 3.63) is 24.3 Å². The van der Waals surface area contributed by atoms with Gasteiger partial charge in [0, 0.05) is 5.69 Å². The first kappa shape index (κ1) is 15.2. The zero-order valence-electron chi connectivity index (χ0n) is 13.1. The Morgan fingerprint density at radius 2 is 1.91 bits per heavy atom. The standard InChI is InChI=1S/C16H20FNO4/c1-15(2)21-9-12(22-15)13-16(3,17)14(19)18(13)10-5-7-11(20-4)8-6-10/h5-8,12-13H,9H2,1-4H3/t12-,13+,16-/m1/s1. The average molecular weight is 309 g/mol. The van der Waals surface area contributed by atoms with Crippen LogP contribution in [-0.4, -0.2) is 43.2 Å². The number of nitrogens with zero attached hydrogens (tertiary/aromatic N) is 1. The van der Waals surface area contributed by atoms with Crippen LogP contribution in [0, 0.1) is 0 Å². The lowest BCUT2D eigenvalue weighted by Crippen LogP contribution is -2.75. The lowest BCUT2D eigenvalue weighted by Gasteiger charge is -2.51. The van der Waals surface area contributed by atoms with Gasteiger partial charge in [0.15, 0.2) is 5.79 Å². The predicted octanol–water partition coefficient (Wildman–Crippen LogP) is 2.29. The van der Waals surface area contributed by atoms with Crippen LogP contribution < -0.4 is 9.64 Å². The summed E-state index contributed by atoms with van der Waals surface area (Å²) in [5.74, 6) is -0.640. The van der Waals surface area contributed by atoms with E-state index in [9.17, 15) is 9.18 Å². The van der Waals surface area contributed by atoms with Crippen LogP contribution in [0.5, 0.6) is 5.75 Å². The molecule has 2 saturated heterocycles. The third-order valence-corrected chi connectivity index (χ3v) is 4.20. The topological polar surface area (TPSA) is 48.0 Å². The van der Waals surface area contributed by atoms with Crippen LogP contribution in [-0.2, 0) is 14.3 Å². The number of carbonyl (C=O) groups is 1. The third-order valence-electron chi connectivity index (χ3n) is 4.20. The predicted molar refractivity (Wildman–Crippen MR) is 78.7 cm³/mol. The van der Waals surface area contributed by atoms with Crippen molar-refractivity contribution >= 4 is 11.6 Å². The molecule has 0 unspecified atom stereocenters. The molecule has 2 aliphatic heterocycles. The van der Waals surface area contributed by atoms with Crippen molar-refractivity contribution in [3.8, 4) is 5.75 Å². The summed E-state index contributed by atoms with van der Waals surface area (Å²) in [5.41, 5.74) is -1.33. The second-order valence-corrected chi connectivity index (χ2v) is 6.26. The highest BCUT2D eigenvalue weighted by molar-refractivity contribution is 6.08. The maximum absolute atomic E-state index is 14.7. The van der Waals surface area contributed by atoms with Gasteiger partial charge in [0.1, 0.15) is 17.9 Å². The summed E-state index contributed by atoms with van der Waals surface area (Å²) in [7, 11) is 1.57. The van der Waals surface area contributed by atoms with Crippen molar-refractivity contribution in [2.45, 2.75) is 44.4 Å². The third kappa shape index (κ3) is 2.27. The van der Waals surface area contributed by atoms with Crippen molar-refractivity contribution in [1.29, 1.82) is 0 Å². The number of rotatable bonds is 3. The van der Waals surface area contributed by atoms with Gasteiger partial charge in [0.25, 0.3) is 5.91 Å². The number of amides is 1. The van der Waals surface area contributed by atoms with Crippen LogP contribution in [0.2, 0.25) is 0 Å². The average Bonchev–Trinajstić information content (AvgIpc) is 2.83. The molecule has 0 aliphatic carbocycles. The fourth-order valence-electron chi connectivity index (χ4n) is 3.07. The van der Waals surface area contributed by atoms with Gasteiger partial charge in [-0.15, -0.1) is 0 Å². The number of anilines is 1. The number of carbonyl (C=O) groups excluding carboxylic acids is 1. The molecule has 0 aromatic heterocycles. The van der Waals surface area contributed by atoms with E-state index < -0.39 is 29.5 Å². The maximum Gasteiger partial charge on any atom is 0.267 e. The highest BCUT2D eigenvalue weighted by Gasteiger charge is 2.64. The zero-order valence-corrected chi connectivity index (χ0v) is 13.1. The van der Waals surface area contributed by atoms with Gasteiger partial charge in [-0.1, -0.05) is 0 Å². The van der Waals surface area contributed by atoms with E-state index in [1.54, 1.807) is 45.2 Å². The molecule has 5 nitrogen and oxygen atoms in total. The summed E-state index contributed by atoms with van der Waals surface area (Å²) < 4.78 is 31.1. The second-order valence-electron chi connectivity index (χ2n) is 6.26. The van der Waals surface area contributed by atoms with E-state index >= 15 is 0 Å². The molecule has 0 radical (unpaired) electrons. The molecule has 3 rings (SSSR count). The fraction of sp³-hybridized carbons (Fsp3) is 0.562. The van der Waals surface area contributed by atoms with E-state index in [0.717, 1.165) is 0 Å². The number of halogens is 1. The monoisotopic (exact) mass is 309 g/mol. The normalized spacial score (nSPS) is 33.7. The van der Waals surface area contributed by atoms with Crippen molar-refractivity contribution in [3.63, 3.8) is 0 Å². The summed E-state index contributed by atoms with van der Waals surface area (Å²) in [4.78, 5) is 13.6. The van der Waals surface area contributed by atoms with Crippen molar-refractivity contribution in [2.24, 2.45) is 0 Å². The van der Waals surface area contributed by atoms with Gasteiger partial charge in [-0.3, -0.25) is 4.79 Å². The van der Waals surface area contributed by atoms with Crippen LogP contribution in [0.15, 0.2) is 24.3 Å². The molecule has 6 heteroatoms. The second kappa shape index (κ2) is 4.93. The molecule has 0 spiro atoms. The van der Waals surface area contributed by atoms with Gasteiger partial charge in [-0.25, -0.2) is 4.39 Å². The molecular formula is C16H20FNO4. The number of ether oxygens (including phenoxy) is 3. The minimum Gasteiger partial charge on any atom is -0.497 e. The van der Waals surface area contributed by atoms with Crippen molar-refractivity contribution < 1.29 is 23.4 Å². The van der Waals surface area contributed by atoms with Gasteiger partial charge < -0.3 is 19.1 Å². The Labute approximate surface area is 128 Å². The Bertz CT molecular complexity index is 584. The molecule has 2 heterocycles. The smallest absolute Gasteiger partial charge is 0.267 e. The molecule has 3 atom stereocenters. The van der Waals surface area contributed by atoms with Gasteiger partial charge in [0.2, 0.25) is 5.67 Å². The van der Waals surface area contributed by atoms with Crippen molar-refractivity contribution in [1.82, 2.24) is 0 Å². The summed E-state index contributed by atoms with van der Waals surface area (Å²) in [6, 6.07) is 6.25. The first-order valence-electron chi connectivity index (χ1n) is 7.25. The molecule has 1 aromatic rings. The number of benzene rings is 1. The Morgan fingerprint density at radius 3 is 2.41 bits per heavy atom. The highest BCUT2D eigenvalue weighted by atomic mass is 19.1. The van der Waals surface area contributed by atoms with E-state index in [-0.39, 0.29) is 6.61 Å². The lowest BCUT2D eigenvalue weighted by atomic mass is 9.81. The highest BCUT2D eigenvalue weighted by Crippen LogP contribution is 2.43. The summed E-state index contributed by atoms with van der Waals surface area (Å²) in [5, 5.41) is 0. The Morgan fingerprint density at radius 1 is 1.27 bits per heavy atom. The Hall–Kier alpha value is -1.66. The van der Waals surface area contributed by atoms with E-state index in [1.165, 1.54) is 11.8 Å². The van der Waals surface area contributed by atoms with Gasteiger partial charge in [0.05, 0.1) is 13.7 Å². The first-order chi connectivity index (χ1) is 10.3. The van der Waals surface area contributed by atoms with E-state index in [0.29, 0.717) is 11.4 Å². The van der Waals surface area contributed by atoms with Gasteiger partial charge in [-0.2, -0.15) is 0 Å². The molecule has 22 heavy (non-hydrogen) atoms. The SMILES string of the molecule is COc1ccc(N2C(=O)[C@](C)(F)[C@@H]2[C@H]2COC(C)(C)O2)cc1. The largest absolute Gasteiger partial charge is 0.497 e. The van der Waals surface area contributed by atoms with Crippen LogP contribution in [0.1, 0.15) is 20.8 Å². The molecule has 0 bridgehead atoms. The Balaban J connectivity index is 1.87. The molecular weight excluding hydrogens is 289 g/mol. The van der Waals surface area contributed by atoms with Crippen LogP contribution in [0.4, 0.5) is 10.1 Å². The number of alkyl halides is 1. The number of β-lactam (4-membered cyclic amide) rings is 1. The van der Waals surface area contributed by atoms with Crippen molar-refractivity contribution in [2.75, 3.05) is 18.6 Å². The fourth-order valence-corrected chi connectivity index (χ4v) is 3.07. The maximum atomic E-state index is 14.7. The molecule has 1 amide bonds. The van der Waals surface area contributed by atoms with Gasteiger partial charge >= 0.3 is 0 Å². The van der Waals surface area contributed by atoms with E-state index in [4.69, 9.17) is 14.2 Å². The number of hydrogen-bond donors (Lipinski definition) is 0. The summed E-state index contributed by atoms with van der Waals surface area (Å²) in [6.07, 6.45) is -0.496. The van der Waals surface area contributed by atoms with Crippen LogP contribution in [0.3, 0.4) is 0 Å². The van der Waals surface area contributed by atoms with Gasteiger partial charge in [-0.05, 0) is 45.0 Å². The molecule has 0 N–H and O–H groups in total. The molecule has 2 fully saturated rings. The molecule has 0 saturated carbocycles. The van der Waals surface area contributed by atoms with E-state index in [1.807, 2.05) is 0 Å². The molecule has 1 aromatic carbocycles. The Kier molecular flexibility index (Phi) is 3.41. The van der Waals surface area contributed by atoms with Crippen LogP contribution >= 0.6 is 0 Å². The first-order valence-corrected chi connectivity index (χ1v) is 7.25. The zero-order chi connectivity index (χ0) is 16.1. The summed E-state index contributed by atoms with van der Waals surface area (Å²) >= 11 is 0. The number of methoxy groups -OCH3 is 1. The molecule has 120 valence electrons. The minimum absolute atomic E-state index is 0.261. The summed E-state index contributed by atoms with van der Waals surface area (Å²) in [6.45, 7) is 5.12. The quantitative estimate of drug-likeness (QED) is 0.804. The minimum atomic E-state index is -1.95.